The summed E-state index contributed by atoms with van der Waals surface area (Å²) >= 11 is 1.41. The van der Waals surface area contributed by atoms with Gasteiger partial charge in [0.2, 0.25) is 0 Å². The molecule has 0 fully saturated rings. The summed E-state index contributed by atoms with van der Waals surface area (Å²) in [5, 5.41) is 0.987. The normalized spacial score (nSPS) is 11.6. The number of hydrogen-bond acceptors (Lipinski definition) is 3. The molecule has 0 aliphatic rings. The summed E-state index contributed by atoms with van der Waals surface area (Å²) < 4.78 is 4.15. The number of rotatable bonds is 2. The Morgan fingerprint density at radius 1 is 1.64 bits per heavy atom. The quantitative estimate of drug-likeness (QED) is 0.631. The largest absolute Gasteiger partial charge is 0.220 e. The van der Waals surface area contributed by atoms with Gasteiger partial charge < -0.3 is 0 Å². The van der Waals surface area contributed by atoms with E-state index in [1.54, 1.807) is 6.08 Å². The summed E-state index contributed by atoms with van der Waals surface area (Å²) in [5.74, 6) is 0.782. The molecule has 0 N–H and O–H groups in total. The number of hydrogen-bond donors (Lipinski definition) is 0. The minimum absolute atomic E-state index is 0.782. The molecule has 0 aliphatic heterocycles. The van der Waals surface area contributed by atoms with E-state index in [9.17, 15) is 0 Å². The van der Waals surface area contributed by atoms with E-state index in [1.807, 2.05) is 19.9 Å². The van der Waals surface area contributed by atoms with Gasteiger partial charge >= 0.3 is 0 Å². The monoisotopic (exact) mass is 166 g/mol. The maximum Gasteiger partial charge on any atom is 0.172 e. The molecular weight excluding hydrogens is 156 g/mol. The Hall–Kier alpha value is -0.960. The maximum atomic E-state index is 4.22. The zero-order valence-corrected chi connectivity index (χ0v) is 7.48. The van der Waals surface area contributed by atoms with E-state index in [4.69, 9.17) is 0 Å². The molecular formula is C8H10N2S. The van der Waals surface area contributed by atoms with Crippen LogP contribution >= 0.6 is 11.5 Å². The predicted octanol–water partition coefficient (Wildman–Crippen LogP) is 2.44. The smallest absolute Gasteiger partial charge is 0.172 e. The van der Waals surface area contributed by atoms with E-state index in [1.165, 1.54) is 11.5 Å². The predicted molar refractivity (Wildman–Crippen MR) is 48.5 cm³/mol. The Bertz CT molecular complexity index is 286. The van der Waals surface area contributed by atoms with E-state index in [0.717, 1.165) is 16.4 Å². The van der Waals surface area contributed by atoms with Gasteiger partial charge in [0, 0.05) is 5.57 Å². The Labute approximate surface area is 70.5 Å². The molecule has 1 rings (SSSR count). The van der Waals surface area contributed by atoms with Crippen LogP contribution in [-0.2, 0) is 0 Å². The van der Waals surface area contributed by atoms with Crippen LogP contribution in [0.4, 0.5) is 0 Å². The highest BCUT2D eigenvalue weighted by molar-refractivity contribution is 7.05. The van der Waals surface area contributed by atoms with Gasteiger partial charge in [-0.15, -0.1) is 0 Å². The number of nitrogens with zero attached hydrogens (tertiary/aromatic N) is 2. The van der Waals surface area contributed by atoms with Crippen molar-refractivity contribution in [2.24, 2.45) is 0 Å². The molecule has 1 heterocycles. The van der Waals surface area contributed by atoms with Gasteiger partial charge in [-0.1, -0.05) is 18.7 Å². The Balaban J connectivity index is 3.00. The SMILES string of the molecule is C=C/C(=C\C)c1nsc(C)n1. The van der Waals surface area contributed by atoms with Gasteiger partial charge in [0.15, 0.2) is 5.82 Å². The zero-order valence-electron chi connectivity index (χ0n) is 6.66. The van der Waals surface area contributed by atoms with Crippen LogP contribution in [-0.4, -0.2) is 9.36 Å². The molecule has 0 spiro atoms. The third-order valence-corrected chi connectivity index (χ3v) is 1.94. The number of allylic oxidation sites excluding steroid dienone is 3. The highest BCUT2D eigenvalue weighted by atomic mass is 32.1. The fraction of sp³-hybridized carbons (Fsp3) is 0.250. The lowest BCUT2D eigenvalue weighted by molar-refractivity contribution is 1.21. The van der Waals surface area contributed by atoms with Gasteiger partial charge in [0.1, 0.15) is 5.01 Å². The summed E-state index contributed by atoms with van der Waals surface area (Å²) in [6, 6.07) is 0. The first-order valence-corrected chi connectivity index (χ1v) is 4.14. The molecule has 0 aromatic carbocycles. The fourth-order valence-electron chi connectivity index (χ4n) is 0.755. The second-order valence-corrected chi connectivity index (χ2v) is 3.04. The van der Waals surface area contributed by atoms with Crippen molar-refractivity contribution in [3.63, 3.8) is 0 Å². The van der Waals surface area contributed by atoms with E-state index in [-0.39, 0.29) is 0 Å². The van der Waals surface area contributed by atoms with Gasteiger partial charge in [-0.25, -0.2) is 4.98 Å². The third kappa shape index (κ3) is 1.74. The van der Waals surface area contributed by atoms with Crippen LogP contribution in [0.3, 0.4) is 0 Å². The average Bonchev–Trinajstić information content (AvgIpc) is 2.39. The summed E-state index contributed by atoms with van der Waals surface area (Å²) in [6.45, 7) is 7.57. The van der Waals surface area contributed by atoms with Crippen molar-refractivity contribution in [3.8, 4) is 0 Å². The number of aromatic nitrogens is 2. The lowest BCUT2D eigenvalue weighted by Gasteiger charge is -1.90. The second kappa shape index (κ2) is 3.44. The molecule has 2 nitrogen and oxygen atoms in total. The number of aryl methyl sites for hydroxylation is 1. The molecule has 0 amide bonds. The van der Waals surface area contributed by atoms with E-state index in [0.29, 0.717) is 0 Å². The molecule has 0 radical (unpaired) electrons. The summed E-state index contributed by atoms with van der Waals surface area (Å²) in [7, 11) is 0. The van der Waals surface area contributed by atoms with Gasteiger partial charge in [0.05, 0.1) is 0 Å². The van der Waals surface area contributed by atoms with Crippen molar-refractivity contribution < 1.29 is 0 Å². The van der Waals surface area contributed by atoms with E-state index >= 15 is 0 Å². The maximum absolute atomic E-state index is 4.22. The molecule has 0 atom stereocenters. The minimum atomic E-state index is 0.782. The van der Waals surface area contributed by atoms with Crippen molar-refractivity contribution in [1.29, 1.82) is 0 Å². The topological polar surface area (TPSA) is 25.8 Å². The van der Waals surface area contributed by atoms with Crippen molar-refractivity contribution in [3.05, 3.63) is 29.6 Å². The van der Waals surface area contributed by atoms with E-state index in [2.05, 4.69) is 15.9 Å². The van der Waals surface area contributed by atoms with Gasteiger partial charge in [0.25, 0.3) is 0 Å². The fourth-order valence-corrected chi connectivity index (χ4v) is 1.25. The molecule has 3 heteroatoms. The van der Waals surface area contributed by atoms with Crippen molar-refractivity contribution in [2.75, 3.05) is 0 Å². The van der Waals surface area contributed by atoms with Crippen molar-refractivity contribution in [2.45, 2.75) is 13.8 Å². The molecule has 0 bridgehead atoms. The van der Waals surface area contributed by atoms with Gasteiger partial charge in [-0.05, 0) is 25.4 Å². The van der Waals surface area contributed by atoms with Crippen LogP contribution in [0.1, 0.15) is 17.8 Å². The molecule has 11 heavy (non-hydrogen) atoms. The molecule has 1 aromatic heterocycles. The standard InChI is InChI=1S/C8H10N2S/c1-4-7(5-2)8-9-6(3)11-10-8/h4-5H,1H2,2-3H3/b7-5+. The minimum Gasteiger partial charge on any atom is -0.220 e. The van der Waals surface area contributed by atoms with Crippen LogP contribution in [0, 0.1) is 6.92 Å². The van der Waals surface area contributed by atoms with Crippen molar-refractivity contribution >= 4 is 17.1 Å². The molecule has 0 aliphatic carbocycles. The Morgan fingerprint density at radius 3 is 2.73 bits per heavy atom. The Kier molecular flexibility index (Phi) is 2.54. The highest BCUT2D eigenvalue weighted by Gasteiger charge is 2.01. The average molecular weight is 166 g/mol. The lowest BCUT2D eigenvalue weighted by Crippen LogP contribution is -1.82. The molecule has 0 saturated carbocycles. The first kappa shape index (κ1) is 8.14. The Morgan fingerprint density at radius 2 is 2.36 bits per heavy atom. The lowest BCUT2D eigenvalue weighted by atomic mass is 10.2. The van der Waals surface area contributed by atoms with Crippen LogP contribution in [0.2, 0.25) is 0 Å². The molecule has 1 aromatic rings. The van der Waals surface area contributed by atoms with Gasteiger partial charge in [-0.2, -0.15) is 4.37 Å². The van der Waals surface area contributed by atoms with Crippen LogP contribution in [0.15, 0.2) is 18.7 Å². The summed E-state index contributed by atoms with van der Waals surface area (Å²) in [6.07, 6.45) is 3.72. The molecule has 0 unspecified atom stereocenters. The second-order valence-electron chi connectivity index (χ2n) is 2.09. The van der Waals surface area contributed by atoms with Crippen LogP contribution in [0.5, 0.6) is 0 Å². The zero-order chi connectivity index (χ0) is 8.27. The third-order valence-electron chi connectivity index (χ3n) is 1.32. The first-order valence-electron chi connectivity index (χ1n) is 3.37. The molecule has 58 valence electrons. The first-order chi connectivity index (χ1) is 5.27. The van der Waals surface area contributed by atoms with Gasteiger partial charge in [-0.3, -0.25) is 0 Å². The summed E-state index contributed by atoms with van der Waals surface area (Å²) in [5.41, 5.74) is 0.995. The van der Waals surface area contributed by atoms with Crippen LogP contribution < -0.4 is 0 Å². The highest BCUT2D eigenvalue weighted by Crippen LogP contribution is 2.13. The van der Waals surface area contributed by atoms with Crippen molar-refractivity contribution in [1.82, 2.24) is 9.36 Å². The molecule has 0 saturated heterocycles. The van der Waals surface area contributed by atoms with E-state index < -0.39 is 0 Å². The van der Waals surface area contributed by atoms with Crippen LogP contribution in [0.25, 0.3) is 5.57 Å². The summed E-state index contributed by atoms with van der Waals surface area (Å²) in [4.78, 5) is 4.22.